The second-order valence-corrected chi connectivity index (χ2v) is 7.37. The Balaban J connectivity index is 1.98. The van der Waals surface area contributed by atoms with Crippen molar-refractivity contribution < 1.29 is 8.42 Å². The predicted molar refractivity (Wildman–Crippen MR) is 74.5 cm³/mol. The Morgan fingerprint density at radius 1 is 1.26 bits per heavy atom. The summed E-state index contributed by atoms with van der Waals surface area (Å²) >= 11 is 0. The van der Waals surface area contributed by atoms with Gasteiger partial charge in [0.15, 0.2) is 0 Å². The smallest absolute Gasteiger partial charge is 0.243 e. The normalized spacial score (nSPS) is 28.3. The van der Waals surface area contributed by atoms with Gasteiger partial charge < -0.3 is 5.32 Å². The minimum absolute atomic E-state index is 0.137. The fourth-order valence-corrected chi connectivity index (χ4v) is 5.25. The molecule has 0 spiro atoms. The number of fused-ring (bicyclic) bond motifs is 1. The van der Waals surface area contributed by atoms with Gasteiger partial charge in [-0.2, -0.15) is 4.31 Å². The van der Waals surface area contributed by atoms with Crippen LogP contribution >= 0.6 is 0 Å². The zero-order valence-corrected chi connectivity index (χ0v) is 12.0. The van der Waals surface area contributed by atoms with Crippen LogP contribution < -0.4 is 5.32 Å². The molecule has 0 aliphatic carbocycles. The van der Waals surface area contributed by atoms with Crippen LogP contribution in [0.1, 0.15) is 18.4 Å². The van der Waals surface area contributed by atoms with Crippen LogP contribution in [0.15, 0.2) is 29.2 Å². The third kappa shape index (κ3) is 2.20. The van der Waals surface area contributed by atoms with Crippen LogP contribution in [0.2, 0.25) is 0 Å². The molecule has 2 aliphatic heterocycles. The molecule has 0 saturated carbocycles. The minimum atomic E-state index is -3.35. The van der Waals surface area contributed by atoms with E-state index in [0.717, 1.165) is 31.5 Å². The van der Waals surface area contributed by atoms with Gasteiger partial charge in [0.1, 0.15) is 0 Å². The minimum Gasteiger partial charge on any atom is -0.315 e. The molecule has 2 unspecified atom stereocenters. The third-order valence-electron chi connectivity index (χ3n) is 4.31. The highest BCUT2D eigenvalue weighted by molar-refractivity contribution is 7.89. The van der Waals surface area contributed by atoms with E-state index in [2.05, 4.69) is 5.32 Å². The van der Waals surface area contributed by atoms with E-state index in [-0.39, 0.29) is 6.04 Å². The van der Waals surface area contributed by atoms with Crippen LogP contribution in [0.25, 0.3) is 0 Å². The Hall–Kier alpha value is -0.910. The first-order chi connectivity index (χ1) is 9.10. The average molecular weight is 280 g/mol. The highest BCUT2D eigenvalue weighted by Crippen LogP contribution is 2.31. The van der Waals surface area contributed by atoms with Crippen molar-refractivity contribution in [3.8, 4) is 0 Å². The van der Waals surface area contributed by atoms with Crippen molar-refractivity contribution in [3.05, 3.63) is 29.8 Å². The molecule has 0 radical (unpaired) electrons. The van der Waals surface area contributed by atoms with Gasteiger partial charge in [0.2, 0.25) is 10.0 Å². The highest BCUT2D eigenvalue weighted by Gasteiger charge is 2.41. The lowest BCUT2D eigenvalue weighted by Gasteiger charge is -2.36. The van der Waals surface area contributed by atoms with Crippen molar-refractivity contribution in [1.82, 2.24) is 9.62 Å². The first-order valence-corrected chi connectivity index (χ1v) is 8.33. The Kier molecular flexibility index (Phi) is 3.37. The number of piperidine rings is 1. The second-order valence-electron chi connectivity index (χ2n) is 5.51. The molecule has 0 bridgehead atoms. The highest BCUT2D eigenvalue weighted by atomic mass is 32.2. The Morgan fingerprint density at radius 2 is 2.05 bits per heavy atom. The van der Waals surface area contributed by atoms with Gasteiger partial charge >= 0.3 is 0 Å². The Bertz CT molecular complexity index is 571. The summed E-state index contributed by atoms with van der Waals surface area (Å²) in [5.74, 6) is 0.479. The van der Waals surface area contributed by atoms with E-state index in [1.54, 1.807) is 16.4 Å². The summed E-state index contributed by atoms with van der Waals surface area (Å²) in [7, 11) is -3.35. The third-order valence-corrected chi connectivity index (χ3v) is 6.39. The van der Waals surface area contributed by atoms with E-state index in [0.29, 0.717) is 17.4 Å². The number of hydrogen-bond acceptors (Lipinski definition) is 3. The second kappa shape index (κ2) is 4.89. The summed E-state index contributed by atoms with van der Waals surface area (Å²) in [5, 5.41) is 3.33. The van der Waals surface area contributed by atoms with Crippen molar-refractivity contribution in [2.45, 2.75) is 30.7 Å². The van der Waals surface area contributed by atoms with Crippen molar-refractivity contribution >= 4 is 10.0 Å². The van der Waals surface area contributed by atoms with Crippen LogP contribution in [-0.4, -0.2) is 38.4 Å². The number of benzene rings is 1. The molecule has 3 rings (SSSR count). The molecule has 104 valence electrons. The van der Waals surface area contributed by atoms with Gasteiger partial charge in [-0.15, -0.1) is 0 Å². The van der Waals surface area contributed by atoms with Crippen molar-refractivity contribution in [2.24, 2.45) is 5.92 Å². The molecule has 2 heterocycles. The van der Waals surface area contributed by atoms with Crippen LogP contribution in [0.3, 0.4) is 0 Å². The zero-order chi connectivity index (χ0) is 13.5. The SMILES string of the molecule is Cc1ccccc1S(=O)(=O)N1CCCC2CNCC21. The molecule has 0 amide bonds. The van der Waals surface area contributed by atoms with Gasteiger partial charge in [-0.25, -0.2) is 8.42 Å². The van der Waals surface area contributed by atoms with Gasteiger partial charge in [0.25, 0.3) is 0 Å². The Morgan fingerprint density at radius 3 is 2.84 bits per heavy atom. The Labute approximate surface area is 114 Å². The van der Waals surface area contributed by atoms with Gasteiger partial charge in [-0.3, -0.25) is 0 Å². The summed E-state index contributed by atoms with van der Waals surface area (Å²) < 4.78 is 27.4. The van der Waals surface area contributed by atoms with E-state index < -0.39 is 10.0 Å². The van der Waals surface area contributed by atoms with Crippen molar-refractivity contribution in [2.75, 3.05) is 19.6 Å². The van der Waals surface area contributed by atoms with E-state index in [1.807, 2.05) is 19.1 Å². The molecule has 1 aromatic rings. The number of sulfonamides is 1. The summed E-state index contributed by atoms with van der Waals surface area (Å²) in [6.45, 7) is 4.25. The summed E-state index contributed by atoms with van der Waals surface area (Å²) in [4.78, 5) is 0.461. The van der Waals surface area contributed by atoms with Gasteiger partial charge in [-0.1, -0.05) is 18.2 Å². The molecular weight excluding hydrogens is 260 g/mol. The lowest BCUT2D eigenvalue weighted by molar-refractivity contribution is 0.217. The fraction of sp³-hybridized carbons (Fsp3) is 0.571. The lowest BCUT2D eigenvalue weighted by atomic mass is 9.94. The van der Waals surface area contributed by atoms with Crippen LogP contribution in [0.4, 0.5) is 0 Å². The molecule has 2 saturated heterocycles. The molecule has 19 heavy (non-hydrogen) atoms. The monoisotopic (exact) mass is 280 g/mol. The maximum atomic E-state index is 12.8. The average Bonchev–Trinajstić information content (AvgIpc) is 2.86. The summed E-state index contributed by atoms with van der Waals surface area (Å²) in [5.41, 5.74) is 0.829. The maximum Gasteiger partial charge on any atom is 0.243 e. The summed E-state index contributed by atoms with van der Waals surface area (Å²) in [6, 6.07) is 7.40. The van der Waals surface area contributed by atoms with E-state index in [4.69, 9.17) is 0 Å². The molecule has 4 nitrogen and oxygen atoms in total. The molecule has 2 aliphatic rings. The fourth-order valence-electron chi connectivity index (χ4n) is 3.30. The lowest BCUT2D eigenvalue weighted by Crippen LogP contribution is -2.48. The van der Waals surface area contributed by atoms with Gasteiger partial charge in [0.05, 0.1) is 4.90 Å². The maximum absolute atomic E-state index is 12.8. The van der Waals surface area contributed by atoms with E-state index >= 15 is 0 Å². The number of rotatable bonds is 2. The molecule has 2 fully saturated rings. The van der Waals surface area contributed by atoms with Crippen molar-refractivity contribution in [3.63, 3.8) is 0 Å². The first-order valence-electron chi connectivity index (χ1n) is 6.89. The molecule has 0 aromatic heterocycles. The quantitative estimate of drug-likeness (QED) is 0.890. The predicted octanol–water partition coefficient (Wildman–Crippen LogP) is 1.37. The van der Waals surface area contributed by atoms with Crippen molar-refractivity contribution in [1.29, 1.82) is 0 Å². The topological polar surface area (TPSA) is 49.4 Å². The summed E-state index contributed by atoms with van der Waals surface area (Å²) in [6.07, 6.45) is 2.10. The van der Waals surface area contributed by atoms with E-state index in [1.165, 1.54) is 0 Å². The van der Waals surface area contributed by atoms with Gasteiger partial charge in [0, 0.05) is 19.1 Å². The molecule has 2 atom stereocenters. The standard InChI is InChI=1S/C14H20N2O2S/c1-11-5-2-3-7-14(11)19(17,18)16-8-4-6-12-9-15-10-13(12)16/h2-3,5,7,12-13,15H,4,6,8-10H2,1H3. The molecule has 1 N–H and O–H groups in total. The van der Waals surface area contributed by atoms with E-state index in [9.17, 15) is 8.42 Å². The first kappa shape index (κ1) is 13.1. The number of nitrogens with one attached hydrogen (secondary N) is 1. The molecule has 5 heteroatoms. The van der Waals surface area contributed by atoms with Crippen LogP contribution in [0.5, 0.6) is 0 Å². The number of hydrogen-bond donors (Lipinski definition) is 1. The largest absolute Gasteiger partial charge is 0.315 e. The number of nitrogens with zero attached hydrogens (tertiary/aromatic N) is 1. The van der Waals surface area contributed by atoms with Crippen LogP contribution in [0, 0.1) is 12.8 Å². The zero-order valence-electron chi connectivity index (χ0n) is 11.2. The van der Waals surface area contributed by atoms with Gasteiger partial charge in [-0.05, 0) is 43.9 Å². The molecule has 1 aromatic carbocycles. The number of aryl methyl sites for hydroxylation is 1. The molecular formula is C14H20N2O2S. The van der Waals surface area contributed by atoms with Crippen LogP contribution in [-0.2, 0) is 10.0 Å².